The molecule has 0 spiro atoms. The second kappa shape index (κ2) is 11.8. The quantitative estimate of drug-likeness (QED) is 0.208. The number of nitro groups is 1. The third-order valence-corrected chi connectivity index (χ3v) is 6.94. The smallest absolute Gasteiger partial charge is 0.309 e. The normalized spacial score (nSPS) is 14.5. The summed E-state index contributed by atoms with van der Waals surface area (Å²) in [7, 11) is 0. The van der Waals surface area contributed by atoms with Crippen molar-refractivity contribution in [1.29, 1.82) is 0 Å². The van der Waals surface area contributed by atoms with E-state index >= 15 is 0 Å². The van der Waals surface area contributed by atoms with Crippen LogP contribution in [0.3, 0.4) is 0 Å². The van der Waals surface area contributed by atoms with Crippen LogP contribution in [-0.2, 0) is 14.3 Å². The molecule has 1 aliphatic heterocycles. The van der Waals surface area contributed by atoms with Crippen LogP contribution in [0.15, 0.2) is 58.3 Å². The van der Waals surface area contributed by atoms with Gasteiger partial charge in [-0.2, -0.15) is 0 Å². The number of hydrogen-bond acceptors (Lipinski definition) is 6. The standard InChI is InChI=1S/C26H30N2O5S/c1-4-33-26(30)20-13-15-27(16-14-20)25(29)12-10-19-9-11-24(22(17-19)28(31)32)34-23-8-6-5-7-21(23)18(2)3/h5-12,17-18,20H,4,13-16H2,1-3H3. The summed E-state index contributed by atoms with van der Waals surface area (Å²) in [6, 6.07) is 12.9. The molecule has 8 heteroatoms. The molecule has 1 heterocycles. The summed E-state index contributed by atoms with van der Waals surface area (Å²) in [5, 5.41) is 11.8. The number of carbonyl (C=O) groups excluding carboxylic acids is 2. The van der Waals surface area contributed by atoms with Gasteiger partial charge in [-0.1, -0.05) is 49.9 Å². The molecule has 1 aliphatic rings. The molecule has 2 aromatic rings. The molecule has 0 N–H and O–H groups in total. The van der Waals surface area contributed by atoms with E-state index in [4.69, 9.17) is 4.74 Å². The van der Waals surface area contributed by atoms with E-state index in [1.807, 2.05) is 24.3 Å². The lowest BCUT2D eigenvalue weighted by Gasteiger charge is -2.30. The van der Waals surface area contributed by atoms with Crippen molar-refractivity contribution in [1.82, 2.24) is 4.90 Å². The van der Waals surface area contributed by atoms with Crippen molar-refractivity contribution >= 4 is 35.4 Å². The van der Waals surface area contributed by atoms with Gasteiger partial charge in [-0.05, 0) is 55.0 Å². The lowest BCUT2D eigenvalue weighted by Crippen LogP contribution is -2.39. The monoisotopic (exact) mass is 482 g/mol. The van der Waals surface area contributed by atoms with Crippen molar-refractivity contribution in [2.75, 3.05) is 19.7 Å². The molecule has 2 aromatic carbocycles. The van der Waals surface area contributed by atoms with Crippen molar-refractivity contribution < 1.29 is 19.2 Å². The molecule has 1 saturated heterocycles. The number of nitrogens with zero attached hydrogens (tertiary/aromatic N) is 2. The van der Waals surface area contributed by atoms with Gasteiger partial charge in [-0.15, -0.1) is 0 Å². The Morgan fingerprint density at radius 3 is 2.53 bits per heavy atom. The molecule has 3 rings (SSSR count). The zero-order chi connectivity index (χ0) is 24.7. The first kappa shape index (κ1) is 25.5. The molecule has 7 nitrogen and oxygen atoms in total. The third-order valence-electron chi connectivity index (χ3n) is 5.79. The lowest BCUT2D eigenvalue weighted by molar-refractivity contribution is -0.387. The Labute approximate surface area is 204 Å². The number of benzene rings is 2. The molecule has 1 amide bonds. The highest BCUT2D eigenvalue weighted by Crippen LogP contribution is 2.39. The molecular formula is C26H30N2O5S. The lowest BCUT2D eigenvalue weighted by atomic mass is 9.97. The minimum Gasteiger partial charge on any atom is -0.466 e. The van der Waals surface area contributed by atoms with Gasteiger partial charge in [0.05, 0.1) is 22.3 Å². The first-order valence-electron chi connectivity index (χ1n) is 11.5. The Kier molecular flexibility index (Phi) is 8.87. The average Bonchev–Trinajstić information content (AvgIpc) is 2.83. The number of nitro benzene ring substituents is 1. The Balaban J connectivity index is 1.69. The maximum Gasteiger partial charge on any atom is 0.309 e. The number of amides is 1. The highest BCUT2D eigenvalue weighted by molar-refractivity contribution is 7.99. The van der Waals surface area contributed by atoms with Crippen LogP contribution in [0.4, 0.5) is 5.69 Å². The van der Waals surface area contributed by atoms with Crippen LogP contribution in [0.5, 0.6) is 0 Å². The van der Waals surface area contributed by atoms with E-state index in [0.717, 1.165) is 10.5 Å². The Hall–Kier alpha value is -3.13. The van der Waals surface area contributed by atoms with Crippen molar-refractivity contribution in [3.63, 3.8) is 0 Å². The van der Waals surface area contributed by atoms with Crippen molar-refractivity contribution in [2.24, 2.45) is 5.92 Å². The largest absolute Gasteiger partial charge is 0.466 e. The van der Waals surface area contributed by atoms with Gasteiger partial charge in [0.2, 0.25) is 5.91 Å². The van der Waals surface area contributed by atoms with Gasteiger partial charge >= 0.3 is 5.97 Å². The third kappa shape index (κ3) is 6.47. The highest BCUT2D eigenvalue weighted by Gasteiger charge is 2.27. The maximum absolute atomic E-state index is 12.6. The predicted molar refractivity (Wildman–Crippen MR) is 133 cm³/mol. The fourth-order valence-corrected chi connectivity index (χ4v) is 5.08. The molecule has 0 aliphatic carbocycles. The predicted octanol–water partition coefficient (Wildman–Crippen LogP) is 5.68. The van der Waals surface area contributed by atoms with E-state index in [-0.39, 0.29) is 28.4 Å². The zero-order valence-electron chi connectivity index (χ0n) is 19.7. The van der Waals surface area contributed by atoms with E-state index in [9.17, 15) is 19.7 Å². The first-order chi connectivity index (χ1) is 16.3. The number of carbonyl (C=O) groups is 2. The van der Waals surface area contributed by atoms with Gasteiger partial charge in [-0.25, -0.2) is 0 Å². The van der Waals surface area contributed by atoms with Gasteiger partial charge in [0.25, 0.3) is 5.69 Å². The molecule has 34 heavy (non-hydrogen) atoms. The molecule has 0 unspecified atom stereocenters. The zero-order valence-corrected chi connectivity index (χ0v) is 20.5. The average molecular weight is 483 g/mol. The molecular weight excluding hydrogens is 452 g/mol. The van der Waals surface area contributed by atoms with E-state index in [1.165, 1.54) is 23.9 Å². The molecule has 0 atom stereocenters. The number of likely N-dealkylation sites (tertiary alicyclic amines) is 1. The Morgan fingerprint density at radius 2 is 1.88 bits per heavy atom. The fourth-order valence-electron chi connectivity index (χ4n) is 3.90. The van der Waals surface area contributed by atoms with Crippen LogP contribution in [0, 0.1) is 16.0 Å². The van der Waals surface area contributed by atoms with Crippen LogP contribution < -0.4 is 0 Å². The topological polar surface area (TPSA) is 89.8 Å². The molecule has 0 saturated carbocycles. The summed E-state index contributed by atoms with van der Waals surface area (Å²) in [5.41, 5.74) is 1.74. The second-order valence-electron chi connectivity index (χ2n) is 8.46. The minimum absolute atomic E-state index is 0.00779. The van der Waals surface area contributed by atoms with E-state index in [0.29, 0.717) is 48.9 Å². The number of rotatable bonds is 8. The number of piperidine rings is 1. The molecule has 0 radical (unpaired) electrons. The number of ether oxygens (including phenoxy) is 1. The van der Waals surface area contributed by atoms with Crippen LogP contribution in [-0.4, -0.2) is 41.4 Å². The molecule has 0 bridgehead atoms. The van der Waals surface area contributed by atoms with E-state index in [2.05, 4.69) is 13.8 Å². The number of esters is 1. The van der Waals surface area contributed by atoms with Crippen LogP contribution in [0.25, 0.3) is 6.08 Å². The van der Waals surface area contributed by atoms with Gasteiger partial charge in [0, 0.05) is 30.1 Å². The van der Waals surface area contributed by atoms with Gasteiger partial charge < -0.3 is 9.64 Å². The van der Waals surface area contributed by atoms with Gasteiger partial charge in [-0.3, -0.25) is 19.7 Å². The van der Waals surface area contributed by atoms with Gasteiger partial charge in [0.15, 0.2) is 0 Å². The summed E-state index contributed by atoms with van der Waals surface area (Å²) in [6.07, 6.45) is 4.19. The summed E-state index contributed by atoms with van der Waals surface area (Å²) >= 11 is 1.38. The van der Waals surface area contributed by atoms with E-state index < -0.39 is 0 Å². The van der Waals surface area contributed by atoms with E-state index in [1.54, 1.807) is 30.0 Å². The summed E-state index contributed by atoms with van der Waals surface area (Å²) in [5.74, 6) is -0.236. The fraction of sp³-hybridized carbons (Fsp3) is 0.385. The molecule has 0 aromatic heterocycles. The SMILES string of the molecule is CCOC(=O)C1CCN(C(=O)C=Cc2ccc(Sc3ccccc3C(C)C)c([N+](=O)[O-])c2)CC1. The summed E-state index contributed by atoms with van der Waals surface area (Å²) < 4.78 is 5.06. The van der Waals surface area contributed by atoms with Crippen molar-refractivity contribution in [2.45, 2.75) is 49.3 Å². The Bertz CT molecular complexity index is 1070. The summed E-state index contributed by atoms with van der Waals surface area (Å²) in [6.45, 7) is 7.29. The second-order valence-corrected chi connectivity index (χ2v) is 9.55. The van der Waals surface area contributed by atoms with Crippen molar-refractivity contribution in [3.8, 4) is 0 Å². The van der Waals surface area contributed by atoms with Crippen molar-refractivity contribution in [3.05, 3.63) is 69.8 Å². The maximum atomic E-state index is 12.6. The highest BCUT2D eigenvalue weighted by atomic mass is 32.2. The van der Waals surface area contributed by atoms with Crippen LogP contribution >= 0.6 is 11.8 Å². The summed E-state index contributed by atoms with van der Waals surface area (Å²) in [4.78, 5) is 39.1. The van der Waals surface area contributed by atoms with Gasteiger partial charge in [0.1, 0.15) is 0 Å². The number of hydrogen-bond donors (Lipinski definition) is 0. The first-order valence-corrected chi connectivity index (χ1v) is 12.3. The molecule has 180 valence electrons. The Morgan fingerprint density at radius 1 is 1.18 bits per heavy atom. The molecule has 1 fully saturated rings. The van der Waals surface area contributed by atoms with Crippen LogP contribution in [0.2, 0.25) is 0 Å². The van der Waals surface area contributed by atoms with Crippen LogP contribution in [0.1, 0.15) is 50.7 Å². The minimum atomic E-state index is -0.389.